The lowest BCUT2D eigenvalue weighted by molar-refractivity contribution is -0.143. The number of hydrogen-bond acceptors (Lipinski definition) is 3. The molecule has 8 heteroatoms. The highest BCUT2D eigenvalue weighted by molar-refractivity contribution is 14.1. The van der Waals surface area contributed by atoms with Crippen molar-refractivity contribution in [1.29, 1.82) is 0 Å². The van der Waals surface area contributed by atoms with Gasteiger partial charge in [0.1, 0.15) is 5.82 Å². The zero-order chi connectivity index (χ0) is 15.0. The third-order valence-electron chi connectivity index (χ3n) is 3.23. The van der Waals surface area contributed by atoms with Crippen LogP contribution in [0.25, 0.3) is 0 Å². The van der Waals surface area contributed by atoms with Crippen molar-refractivity contribution in [3.63, 3.8) is 0 Å². The molecule has 1 aliphatic heterocycles. The zero-order valence-corrected chi connectivity index (χ0v) is 13.4. The summed E-state index contributed by atoms with van der Waals surface area (Å²) < 4.78 is 37.8. The highest BCUT2D eigenvalue weighted by Crippen LogP contribution is 2.38. The van der Waals surface area contributed by atoms with Crippen molar-refractivity contribution in [2.24, 2.45) is 0 Å². The number of halogens is 2. The summed E-state index contributed by atoms with van der Waals surface area (Å²) in [5, 5.41) is 9.35. The van der Waals surface area contributed by atoms with Crippen LogP contribution in [-0.4, -0.2) is 33.9 Å². The normalized spacial score (nSPS) is 24.5. The summed E-state index contributed by atoms with van der Waals surface area (Å²) in [6, 6.07) is 4.61. The van der Waals surface area contributed by atoms with Gasteiger partial charge >= 0.3 is 5.97 Å². The molecule has 1 atom stereocenters. The number of hydrogen-bond donors (Lipinski definition) is 1. The van der Waals surface area contributed by atoms with Crippen molar-refractivity contribution in [2.45, 2.75) is 27.7 Å². The lowest BCUT2D eigenvalue weighted by atomic mass is 10.1. The summed E-state index contributed by atoms with van der Waals surface area (Å²) in [4.78, 5) is 11.2. The van der Waals surface area contributed by atoms with Crippen LogP contribution >= 0.6 is 22.6 Å². The van der Waals surface area contributed by atoms with E-state index in [0.29, 0.717) is 12.8 Å². The second kappa shape index (κ2) is 5.57. The molecule has 0 aliphatic carbocycles. The largest absolute Gasteiger partial charge is 0.479 e. The average Bonchev–Trinajstić information content (AvgIpc) is 2.39. The third-order valence-corrected chi connectivity index (χ3v) is 7.06. The molecule has 0 radical (unpaired) electrons. The van der Waals surface area contributed by atoms with E-state index in [2.05, 4.69) is 0 Å². The van der Waals surface area contributed by atoms with Gasteiger partial charge in [0, 0.05) is 6.54 Å². The highest BCUT2D eigenvalue weighted by Gasteiger charge is 2.49. The monoisotopic (exact) mass is 413 g/mol. The van der Waals surface area contributed by atoms with E-state index in [0.717, 1.165) is 16.4 Å². The Bertz CT molecular complexity index is 636. The van der Waals surface area contributed by atoms with Crippen molar-refractivity contribution in [3.05, 3.63) is 30.1 Å². The first kappa shape index (κ1) is 15.6. The second-order valence-corrected chi connectivity index (χ2v) is 8.20. The number of carbonyl (C=O) groups is 1. The maximum Gasteiger partial charge on any atom is 0.335 e. The number of carboxylic acid groups (broad SMARTS) is 1. The van der Waals surface area contributed by atoms with Crippen molar-refractivity contribution < 1.29 is 22.7 Å². The Morgan fingerprint density at radius 1 is 1.40 bits per heavy atom. The molecule has 1 aliphatic rings. The van der Waals surface area contributed by atoms with Crippen molar-refractivity contribution in [2.75, 3.05) is 6.54 Å². The number of alkyl halides is 1. The van der Waals surface area contributed by atoms with Crippen LogP contribution in [-0.2, 0) is 14.8 Å². The molecular formula is C12H13FINO4S. The molecule has 1 unspecified atom stereocenters. The third kappa shape index (κ3) is 2.68. The molecule has 20 heavy (non-hydrogen) atoms. The molecule has 5 nitrogen and oxygen atoms in total. The number of aliphatic carboxylic acids is 1. The maximum atomic E-state index is 13.2. The van der Waals surface area contributed by atoms with Gasteiger partial charge < -0.3 is 5.11 Å². The van der Waals surface area contributed by atoms with E-state index in [1.54, 1.807) is 22.6 Å². The van der Waals surface area contributed by atoms with Crippen LogP contribution in [0.2, 0.25) is 0 Å². The minimum atomic E-state index is -4.03. The van der Waals surface area contributed by atoms with Crippen LogP contribution in [0.1, 0.15) is 19.3 Å². The van der Waals surface area contributed by atoms with Crippen LogP contribution in [0.5, 0.6) is 0 Å². The lowest BCUT2D eigenvalue weighted by Gasteiger charge is -2.38. The number of benzene rings is 1. The molecule has 1 aromatic rings. The number of rotatable bonds is 3. The molecule has 2 rings (SSSR count). The lowest BCUT2D eigenvalue weighted by Crippen LogP contribution is -2.55. The molecule has 110 valence electrons. The molecule has 0 amide bonds. The standard InChI is InChI=1S/C12H13FINO4S/c13-9-4-3-5-10(8-9)20(18,19)15-7-2-1-6-12(15,14)11(16)17/h3-5,8H,1-2,6-7H2,(H,16,17). The minimum absolute atomic E-state index is 0.119. The van der Waals surface area contributed by atoms with E-state index in [9.17, 15) is 22.7 Å². The SMILES string of the molecule is O=C(O)C1(I)CCCCN1S(=O)(=O)c1cccc(F)c1. The Labute approximate surface area is 130 Å². The van der Waals surface area contributed by atoms with Crippen molar-refractivity contribution in [1.82, 2.24) is 4.31 Å². The Balaban J connectivity index is 2.49. The van der Waals surface area contributed by atoms with Crippen LogP contribution < -0.4 is 0 Å². The molecule has 0 saturated carbocycles. The fourth-order valence-corrected chi connectivity index (χ4v) is 5.28. The van der Waals surface area contributed by atoms with Gasteiger partial charge in [-0.15, -0.1) is 0 Å². The van der Waals surface area contributed by atoms with Gasteiger partial charge in [-0.05, 0) is 60.1 Å². The molecule has 0 bridgehead atoms. The summed E-state index contributed by atoms with van der Waals surface area (Å²) in [5.74, 6) is -1.87. The Hall–Kier alpha value is -0.740. The topological polar surface area (TPSA) is 74.7 Å². The van der Waals surface area contributed by atoms with Gasteiger partial charge in [0.05, 0.1) is 4.90 Å². The maximum absolute atomic E-state index is 13.2. The van der Waals surface area contributed by atoms with Crippen LogP contribution in [0.4, 0.5) is 4.39 Å². The van der Waals surface area contributed by atoms with E-state index >= 15 is 0 Å². The molecule has 0 aromatic heterocycles. The van der Waals surface area contributed by atoms with Gasteiger partial charge in [0.15, 0.2) is 3.55 Å². The molecule has 1 heterocycles. The Kier molecular flexibility index (Phi) is 4.35. The fourth-order valence-electron chi connectivity index (χ4n) is 2.20. The van der Waals surface area contributed by atoms with Crippen molar-refractivity contribution >= 4 is 38.6 Å². The van der Waals surface area contributed by atoms with Gasteiger partial charge in [-0.25, -0.2) is 17.6 Å². The van der Waals surface area contributed by atoms with Crippen LogP contribution in [0.15, 0.2) is 29.2 Å². The van der Waals surface area contributed by atoms with Crippen LogP contribution in [0, 0.1) is 5.82 Å². The predicted molar refractivity (Wildman–Crippen MR) is 78.5 cm³/mol. The van der Waals surface area contributed by atoms with E-state index in [-0.39, 0.29) is 17.9 Å². The zero-order valence-electron chi connectivity index (χ0n) is 10.4. The first-order chi connectivity index (χ1) is 9.28. The second-order valence-electron chi connectivity index (χ2n) is 4.56. The van der Waals surface area contributed by atoms with Gasteiger partial charge in [0.2, 0.25) is 10.0 Å². The average molecular weight is 413 g/mol. The number of sulfonamides is 1. The quantitative estimate of drug-likeness (QED) is 0.469. The smallest absolute Gasteiger partial charge is 0.335 e. The van der Waals surface area contributed by atoms with E-state index < -0.39 is 25.4 Å². The van der Waals surface area contributed by atoms with E-state index in [4.69, 9.17) is 0 Å². The molecule has 0 spiro atoms. The van der Waals surface area contributed by atoms with E-state index in [1.165, 1.54) is 12.1 Å². The first-order valence-electron chi connectivity index (χ1n) is 5.99. The summed E-state index contributed by atoms with van der Waals surface area (Å²) in [7, 11) is -4.03. The Morgan fingerprint density at radius 3 is 2.70 bits per heavy atom. The van der Waals surface area contributed by atoms with Gasteiger partial charge in [-0.1, -0.05) is 6.07 Å². The van der Waals surface area contributed by atoms with Crippen molar-refractivity contribution in [3.8, 4) is 0 Å². The molecule has 1 N–H and O–H groups in total. The number of carboxylic acids is 1. The molecular weight excluding hydrogens is 400 g/mol. The minimum Gasteiger partial charge on any atom is -0.479 e. The molecule has 1 aromatic carbocycles. The summed E-state index contributed by atoms with van der Waals surface area (Å²) in [6.45, 7) is 0.119. The Morgan fingerprint density at radius 2 is 2.10 bits per heavy atom. The van der Waals surface area contributed by atoms with E-state index in [1.807, 2.05) is 0 Å². The summed E-state index contributed by atoms with van der Waals surface area (Å²) in [5.41, 5.74) is 0. The molecule has 1 saturated heterocycles. The summed E-state index contributed by atoms with van der Waals surface area (Å²) in [6.07, 6.45) is 1.47. The van der Waals surface area contributed by atoms with Gasteiger partial charge in [-0.3, -0.25) is 0 Å². The summed E-state index contributed by atoms with van der Waals surface area (Å²) >= 11 is 1.66. The van der Waals surface area contributed by atoms with Crippen LogP contribution in [0.3, 0.4) is 0 Å². The predicted octanol–water partition coefficient (Wildman–Crippen LogP) is 2.22. The van der Waals surface area contributed by atoms with Gasteiger partial charge in [-0.2, -0.15) is 4.31 Å². The molecule has 1 fully saturated rings. The number of piperidine rings is 1. The first-order valence-corrected chi connectivity index (χ1v) is 8.51. The number of nitrogens with zero attached hydrogens (tertiary/aromatic N) is 1. The fraction of sp³-hybridized carbons (Fsp3) is 0.417. The van der Waals surface area contributed by atoms with Gasteiger partial charge in [0.25, 0.3) is 0 Å². The highest BCUT2D eigenvalue weighted by atomic mass is 127.